The van der Waals surface area contributed by atoms with Crippen molar-refractivity contribution in [2.24, 2.45) is 23.2 Å². The van der Waals surface area contributed by atoms with E-state index in [0.29, 0.717) is 19.5 Å². The van der Waals surface area contributed by atoms with Crippen molar-refractivity contribution in [1.29, 1.82) is 0 Å². The lowest BCUT2D eigenvalue weighted by Crippen LogP contribution is -2.53. The molecule has 0 aliphatic heterocycles. The van der Waals surface area contributed by atoms with Gasteiger partial charge in [0.05, 0.1) is 16.8 Å². The Morgan fingerprint density at radius 1 is 1.14 bits per heavy atom. The number of aromatic nitrogens is 1. The average molecular weight is 412 g/mol. The molecule has 154 valence electrons. The van der Waals surface area contributed by atoms with E-state index in [-0.39, 0.29) is 17.2 Å². The highest BCUT2D eigenvalue weighted by Gasteiger charge is 2.54. The predicted molar refractivity (Wildman–Crippen MR) is 114 cm³/mol. The monoisotopic (exact) mass is 411 g/mol. The summed E-state index contributed by atoms with van der Waals surface area (Å²) in [6, 6.07) is 8.04. The Bertz CT molecular complexity index is 869. The Morgan fingerprint density at radius 3 is 2.45 bits per heavy atom. The zero-order chi connectivity index (χ0) is 20.0. The molecule has 4 fully saturated rings. The second kappa shape index (κ2) is 7.38. The first kappa shape index (κ1) is 19.0. The lowest BCUT2D eigenvalue weighted by Gasteiger charge is -2.55. The standard InChI is InChI=1S/C23H29N3O2S/c1-26(14-20-25-18-4-2-3-5-19(18)29-20)21(27)6-7-24-22(28)23-11-15-8-16(12-23)10-17(9-15)13-23/h2-5,15-17H,6-14H2,1H3,(H,24,28). The highest BCUT2D eigenvalue weighted by molar-refractivity contribution is 7.18. The third-order valence-electron chi connectivity index (χ3n) is 7.28. The molecule has 6 rings (SSSR count). The number of carbonyl (C=O) groups excluding carboxylic acids is 2. The number of benzene rings is 1. The lowest BCUT2D eigenvalue weighted by atomic mass is 9.49. The number of fused-ring (bicyclic) bond motifs is 1. The quantitative estimate of drug-likeness (QED) is 0.782. The number of thiazole rings is 1. The molecule has 4 bridgehead atoms. The molecular formula is C23H29N3O2S. The third-order valence-corrected chi connectivity index (χ3v) is 8.30. The second-order valence-corrected chi connectivity index (χ2v) is 10.6. The van der Waals surface area contributed by atoms with E-state index in [1.165, 1.54) is 19.3 Å². The van der Waals surface area contributed by atoms with Crippen LogP contribution in [0, 0.1) is 23.2 Å². The van der Waals surface area contributed by atoms with Gasteiger partial charge in [-0.15, -0.1) is 11.3 Å². The molecule has 0 atom stereocenters. The van der Waals surface area contributed by atoms with Gasteiger partial charge in [-0.1, -0.05) is 12.1 Å². The van der Waals surface area contributed by atoms with Gasteiger partial charge >= 0.3 is 0 Å². The van der Waals surface area contributed by atoms with Crippen LogP contribution in [0.15, 0.2) is 24.3 Å². The van der Waals surface area contributed by atoms with E-state index in [0.717, 1.165) is 52.2 Å². The summed E-state index contributed by atoms with van der Waals surface area (Å²) < 4.78 is 1.14. The van der Waals surface area contributed by atoms with Crippen LogP contribution in [0.3, 0.4) is 0 Å². The topological polar surface area (TPSA) is 62.3 Å². The minimum absolute atomic E-state index is 0.0510. The molecule has 1 N–H and O–H groups in total. The van der Waals surface area contributed by atoms with Crippen molar-refractivity contribution in [1.82, 2.24) is 15.2 Å². The van der Waals surface area contributed by atoms with Gasteiger partial charge in [-0.2, -0.15) is 0 Å². The summed E-state index contributed by atoms with van der Waals surface area (Å²) >= 11 is 1.63. The van der Waals surface area contributed by atoms with E-state index in [9.17, 15) is 9.59 Å². The molecule has 5 nitrogen and oxygen atoms in total. The fraction of sp³-hybridized carbons (Fsp3) is 0.609. The Hall–Kier alpha value is -1.95. The summed E-state index contributed by atoms with van der Waals surface area (Å²) in [5, 5.41) is 4.06. The molecule has 2 amide bonds. The Balaban J connectivity index is 1.12. The van der Waals surface area contributed by atoms with Gasteiger partial charge in [-0.05, 0) is 68.4 Å². The molecule has 4 saturated carbocycles. The van der Waals surface area contributed by atoms with Gasteiger partial charge in [0.1, 0.15) is 5.01 Å². The van der Waals surface area contributed by atoms with E-state index in [2.05, 4.69) is 16.4 Å². The Morgan fingerprint density at radius 2 is 1.79 bits per heavy atom. The molecule has 6 heteroatoms. The van der Waals surface area contributed by atoms with Gasteiger partial charge < -0.3 is 10.2 Å². The Labute approximate surface area is 175 Å². The first-order chi connectivity index (χ1) is 14.0. The van der Waals surface area contributed by atoms with Crippen molar-refractivity contribution in [3.63, 3.8) is 0 Å². The fourth-order valence-corrected chi connectivity index (χ4v) is 7.35. The van der Waals surface area contributed by atoms with Crippen LogP contribution in [0.25, 0.3) is 10.2 Å². The van der Waals surface area contributed by atoms with E-state index in [1.807, 2.05) is 25.2 Å². The highest BCUT2D eigenvalue weighted by atomic mass is 32.1. The van der Waals surface area contributed by atoms with Crippen molar-refractivity contribution in [2.75, 3.05) is 13.6 Å². The van der Waals surface area contributed by atoms with Crippen LogP contribution in [0.2, 0.25) is 0 Å². The predicted octanol–water partition coefficient (Wildman–Crippen LogP) is 3.98. The van der Waals surface area contributed by atoms with Gasteiger partial charge in [-0.25, -0.2) is 4.98 Å². The zero-order valence-corrected chi connectivity index (χ0v) is 17.8. The highest BCUT2D eigenvalue weighted by Crippen LogP contribution is 2.60. The van der Waals surface area contributed by atoms with Gasteiger partial charge in [-0.3, -0.25) is 9.59 Å². The van der Waals surface area contributed by atoms with E-state index < -0.39 is 0 Å². The van der Waals surface area contributed by atoms with Crippen LogP contribution < -0.4 is 5.32 Å². The molecule has 2 aromatic rings. The first-order valence-corrected chi connectivity index (χ1v) is 11.7. The SMILES string of the molecule is CN(Cc1nc2ccccc2s1)C(=O)CCNC(=O)C12CC3CC(CC(C3)C1)C2. The minimum atomic E-state index is -0.134. The van der Waals surface area contributed by atoms with Crippen molar-refractivity contribution in [2.45, 2.75) is 51.5 Å². The molecule has 1 heterocycles. The number of hydrogen-bond acceptors (Lipinski definition) is 4. The summed E-state index contributed by atoms with van der Waals surface area (Å²) in [6.45, 7) is 0.949. The van der Waals surface area contributed by atoms with E-state index >= 15 is 0 Å². The van der Waals surface area contributed by atoms with E-state index in [4.69, 9.17) is 0 Å². The molecule has 0 saturated heterocycles. The van der Waals surface area contributed by atoms with Crippen LogP contribution in [0.5, 0.6) is 0 Å². The van der Waals surface area contributed by atoms with Crippen LogP contribution in [-0.4, -0.2) is 35.3 Å². The van der Waals surface area contributed by atoms with Gasteiger partial charge in [0.2, 0.25) is 11.8 Å². The number of carbonyl (C=O) groups is 2. The largest absolute Gasteiger partial charge is 0.355 e. The van der Waals surface area contributed by atoms with Crippen LogP contribution in [0.1, 0.15) is 50.0 Å². The average Bonchev–Trinajstić information content (AvgIpc) is 3.09. The molecule has 1 aromatic heterocycles. The maximum absolute atomic E-state index is 13.0. The summed E-state index contributed by atoms with van der Waals surface area (Å²) in [7, 11) is 1.81. The van der Waals surface area contributed by atoms with E-state index in [1.54, 1.807) is 16.2 Å². The molecule has 4 aliphatic carbocycles. The minimum Gasteiger partial charge on any atom is -0.355 e. The van der Waals surface area contributed by atoms with Crippen LogP contribution >= 0.6 is 11.3 Å². The second-order valence-electron chi connectivity index (χ2n) is 9.53. The molecule has 4 aliphatic rings. The molecular weight excluding hydrogens is 382 g/mol. The molecule has 1 aromatic carbocycles. The van der Waals surface area contributed by atoms with Gasteiger partial charge in [0.15, 0.2) is 0 Å². The third kappa shape index (κ3) is 3.67. The fourth-order valence-electron chi connectivity index (χ4n) is 6.33. The van der Waals surface area contributed by atoms with Crippen molar-refractivity contribution >= 4 is 33.4 Å². The van der Waals surface area contributed by atoms with Crippen molar-refractivity contribution in [3.8, 4) is 0 Å². The van der Waals surface area contributed by atoms with Crippen molar-refractivity contribution in [3.05, 3.63) is 29.3 Å². The number of amides is 2. The number of nitrogens with zero attached hydrogens (tertiary/aromatic N) is 2. The summed E-state index contributed by atoms with van der Waals surface area (Å²) in [5.74, 6) is 2.53. The Kier molecular flexibility index (Phi) is 4.85. The molecule has 29 heavy (non-hydrogen) atoms. The summed E-state index contributed by atoms with van der Waals surface area (Å²) in [6.07, 6.45) is 7.55. The maximum atomic E-state index is 13.0. The normalized spacial score (nSPS) is 29.9. The number of hydrogen-bond donors (Lipinski definition) is 1. The van der Waals surface area contributed by atoms with Gasteiger partial charge in [0.25, 0.3) is 0 Å². The van der Waals surface area contributed by atoms with Crippen LogP contribution in [0.4, 0.5) is 0 Å². The first-order valence-electron chi connectivity index (χ1n) is 10.9. The summed E-state index contributed by atoms with van der Waals surface area (Å²) in [4.78, 5) is 31.9. The summed E-state index contributed by atoms with van der Waals surface area (Å²) in [5.41, 5.74) is 0.848. The molecule has 0 radical (unpaired) electrons. The lowest BCUT2D eigenvalue weighted by molar-refractivity contribution is -0.146. The van der Waals surface area contributed by atoms with Gasteiger partial charge in [0, 0.05) is 25.4 Å². The number of rotatable bonds is 6. The molecule has 0 spiro atoms. The maximum Gasteiger partial charge on any atom is 0.226 e. The number of para-hydroxylation sites is 1. The van der Waals surface area contributed by atoms with Crippen molar-refractivity contribution < 1.29 is 9.59 Å². The van der Waals surface area contributed by atoms with Crippen LogP contribution in [-0.2, 0) is 16.1 Å². The smallest absolute Gasteiger partial charge is 0.226 e. The molecule has 0 unspecified atom stereocenters. The zero-order valence-electron chi connectivity index (χ0n) is 17.0. The number of nitrogens with one attached hydrogen (secondary N) is 1.